The Labute approximate surface area is 131 Å². The minimum absolute atomic E-state index is 0.502. The van der Waals surface area contributed by atoms with Crippen molar-refractivity contribution in [3.63, 3.8) is 0 Å². The van der Waals surface area contributed by atoms with E-state index in [1.807, 2.05) is 7.11 Å². The molecule has 0 spiro atoms. The van der Waals surface area contributed by atoms with Gasteiger partial charge in [0.05, 0.1) is 6.10 Å². The van der Waals surface area contributed by atoms with Crippen LogP contribution >= 0.6 is 0 Å². The molecule has 0 aromatic heterocycles. The SMILES string of the molecule is COC1CCN(CC2(CNCC(C)C)CCCCC2)CC1. The van der Waals surface area contributed by atoms with E-state index in [9.17, 15) is 0 Å². The minimum atomic E-state index is 0.502. The molecule has 2 fully saturated rings. The van der Waals surface area contributed by atoms with Crippen molar-refractivity contribution in [2.75, 3.05) is 39.8 Å². The maximum absolute atomic E-state index is 5.51. The van der Waals surface area contributed by atoms with Crippen LogP contribution in [-0.2, 0) is 4.74 Å². The number of likely N-dealkylation sites (tertiary alicyclic amines) is 1. The molecule has 1 saturated carbocycles. The van der Waals surface area contributed by atoms with E-state index >= 15 is 0 Å². The van der Waals surface area contributed by atoms with E-state index in [4.69, 9.17) is 4.74 Å². The highest BCUT2D eigenvalue weighted by Gasteiger charge is 2.34. The second-order valence-electron chi connectivity index (χ2n) is 7.80. The zero-order valence-electron chi connectivity index (χ0n) is 14.5. The predicted molar refractivity (Wildman–Crippen MR) is 89.7 cm³/mol. The van der Waals surface area contributed by atoms with Crippen LogP contribution in [0.25, 0.3) is 0 Å². The maximum atomic E-state index is 5.51. The van der Waals surface area contributed by atoms with Gasteiger partial charge in [-0.2, -0.15) is 0 Å². The molecule has 1 aliphatic carbocycles. The summed E-state index contributed by atoms with van der Waals surface area (Å²) in [6.45, 7) is 10.7. The van der Waals surface area contributed by atoms with Crippen molar-refractivity contribution in [3.05, 3.63) is 0 Å². The van der Waals surface area contributed by atoms with Gasteiger partial charge in [-0.25, -0.2) is 0 Å². The number of nitrogens with one attached hydrogen (secondary N) is 1. The van der Waals surface area contributed by atoms with Crippen LogP contribution in [-0.4, -0.2) is 50.8 Å². The Morgan fingerprint density at radius 3 is 2.38 bits per heavy atom. The molecule has 0 bridgehead atoms. The molecule has 1 saturated heterocycles. The van der Waals surface area contributed by atoms with Crippen LogP contribution < -0.4 is 5.32 Å². The first-order valence-electron chi connectivity index (χ1n) is 9.09. The first kappa shape index (κ1) is 17.2. The molecule has 3 heteroatoms. The molecule has 1 N–H and O–H groups in total. The van der Waals surface area contributed by atoms with E-state index in [0.29, 0.717) is 11.5 Å². The van der Waals surface area contributed by atoms with Gasteiger partial charge in [-0.1, -0.05) is 33.1 Å². The number of hydrogen-bond acceptors (Lipinski definition) is 3. The van der Waals surface area contributed by atoms with E-state index in [2.05, 4.69) is 24.1 Å². The van der Waals surface area contributed by atoms with Gasteiger partial charge >= 0.3 is 0 Å². The predicted octanol–water partition coefficient (Wildman–Crippen LogP) is 3.29. The Balaban J connectivity index is 1.84. The van der Waals surface area contributed by atoms with E-state index in [1.54, 1.807) is 0 Å². The number of methoxy groups -OCH3 is 1. The Kier molecular flexibility index (Phi) is 6.97. The lowest BCUT2D eigenvalue weighted by Gasteiger charge is -2.43. The molecule has 2 rings (SSSR count). The third kappa shape index (κ3) is 5.54. The molecule has 1 aliphatic heterocycles. The molecule has 2 aliphatic rings. The summed E-state index contributed by atoms with van der Waals surface area (Å²) in [6.07, 6.45) is 10.1. The largest absolute Gasteiger partial charge is 0.381 e. The fourth-order valence-electron chi connectivity index (χ4n) is 4.10. The summed E-state index contributed by atoms with van der Waals surface area (Å²) in [4.78, 5) is 2.71. The van der Waals surface area contributed by atoms with Gasteiger partial charge in [-0.3, -0.25) is 0 Å². The first-order valence-corrected chi connectivity index (χ1v) is 9.09. The Hall–Kier alpha value is -0.120. The van der Waals surface area contributed by atoms with Gasteiger partial charge in [0.1, 0.15) is 0 Å². The lowest BCUT2D eigenvalue weighted by atomic mass is 9.73. The van der Waals surface area contributed by atoms with Crippen LogP contribution in [0.1, 0.15) is 58.8 Å². The van der Waals surface area contributed by atoms with E-state index < -0.39 is 0 Å². The van der Waals surface area contributed by atoms with Gasteiger partial charge < -0.3 is 15.0 Å². The molecule has 124 valence electrons. The highest BCUT2D eigenvalue weighted by molar-refractivity contribution is 4.89. The number of hydrogen-bond donors (Lipinski definition) is 1. The second-order valence-corrected chi connectivity index (χ2v) is 7.80. The van der Waals surface area contributed by atoms with Crippen LogP contribution in [0.4, 0.5) is 0 Å². The zero-order chi connectivity index (χ0) is 15.1. The summed E-state index contributed by atoms with van der Waals surface area (Å²) in [5.41, 5.74) is 0.535. The monoisotopic (exact) mass is 296 g/mol. The molecule has 0 aromatic carbocycles. The molecule has 0 unspecified atom stereocenters. The third-order valence-electron chi connectivity index (χ3n) is 5.39. The Morgan fingerprint density at radius 2 is 1.81 bits per heavy atom. The molecule has 0 atom stereocenters. The maximum Gasteiger partial charge on any atom is 0.0595 e. The van der Waals surface area contributed by atoms with Crippen LogP contribution in [0.5, 0.6) is 0 Å². The Morgan fingerprint density at radius 1 is 1.14 bits per heavy atom. The highest BCUT2D eigenvalue weighted by Crippen LogP contribution is 2.37. The smallest absolute Gasteiger partial charge is 0.0595 e. The highest BCUT2D eigenvalue weighted by atomic mass is 16.5. The minimum Gasteiger partial charge on any atom is -0.381 e. The van der Waals surface area contributed by atoms with Crippen molar-refractivity contribution in [1.29, 1.82) is 0 Å². The van der Waals surface area contributed by atoms with Crippen molar-refractivity contribution in [1.82, 2.24) is 10.2 Å². The molecular formula is C18H36N2O. The summed E-state index contributed by atoms with van der Waals surface area (Å²) < 4.78 is 5.51. The van der Waals surface area contributed by atoms with E-state index in [-0.39, 0.29) is 0 Å². The van der Waals surface area contributed by atoms with Gasteiger partial charge in [0.15, 0.2) is 0 Å². The molecular weight excluding hydrogens is 260 g/mol. The second kappa shape index (κ2) is 8.50. The zero-order valence-corrected chi connectivity index (χ0v) is 14.5. The van der Waals surface area contributed by atoms with Gasteiger partial charge in [-0.15, -0.1) is 0 Å². The number of rotatable bonds is 7. The average Bonchev–Trinajstić information content (AvgIpc) is 2.48. The number of nitrogens with zero attached hydrogens (tertiary/aromatic N) is 1. The topological polar surface area (TPSA) is 24.5 Å². The Bertz CT molecular complexity index is 279. The molecule has 0 amide bonds. The molecule has 21 heavy (non-hydrogen) atoms. The number of ether oxygens (including phenoxy) is 1. The summed E-state index contributed by atoms with van der Waals surface area (Å²) in [5, 5.41) is 3.75. The van der Waals surface area contributed by atoms with Gasteiger partial charge in [0.25, 0.3) is 0 Å². The van der Waals surface area contributed by atoms with E-state index in [1.165, 1.54) is 71.1 Å². The van der Waals surface area contributed by atoms with Crippen molar-refractivity contribution in [2.24, 2.45) is 11.3 Å². The summed E-state index contributed by atoms with van der Waals surface area (Å²) in [6, 6.07) is 0. The van der Waals surface area contributed by atoms with Crippen LogP contribution in [0.2, 0.25) is 0 Å². The normalized spacial score (nSPS) is 24.6. The van der Waals surface area contributed by atoms with Crippen LogP contribution in [0.3, 0.4) is 0 Å². The standard InChI is InChI=1S/C18H36N2O/c1-16(2)13-19-14-18(9-5-4-6-10-18)15-20-11-7-17(21-3)8-12-20/h16-17,19H,4-15H2,1-3H3. The van der Waals surface area contributed by atoms with Crippen molar-refractivity contribution < 1.29 is 4.74 Å². The number of piperidine rings is 1. The fraction of sp³-hybridized carbons (Fsp3) is 1.00. The van der Waals surface area contributed by atoms with Gasteiger partial charge in [0, 0.05) is 33.3 Å². The fourth-order valence-corrected chi connectivity index (χ4v) is 4.10. The van der Waals surface area contributed by atoms with Crippen molar-refractivity contribution >= 4 is 0 Å². The summed E-state index contributed by atoms with van der Waals surface area (Å²) in [5.74, 6) is 0.753. The molecule has 1 heterocycles. The molecule has 0 aromatic rings. The quantitative estimate of drug-likeness (QED) is 0.780. The molecule has 3 nitrogen and oxygen atoms in total. The first-order chi connectivity index (χ1) is 10.1. The van der Waals surface area contributed by atoms with Gasteiger partial charge in [0.2, 0.25) is 0 Å². The van der Waals surface area contributed by atoms with Crippen molar-refractivity contribution in [2.45, 2.75) is 64.9 Å². The van der Waals surface area contributed by atoms with E-state index in [0.717, 1.165) is 12.5 Å². The lowest BCUT2D eigenvalue weighted by molar-refractivity contribution is 0.0186. The average molecular weight is 296 g/mol. The van der Waals surface area contributed by atoms with Crippen LogP contribution in [0.15, 0.2) is 0 Å². The summed E-state index contributed by atoms with van der Waals surface area (Å²) >= 11 is 0. The summed E-state index contributed by atoms with van der Waals surface area (Å²) in [7, 11) is 1.86. The van der Waals surface area contributed by atoms with Crippen LogP contribution in [0, 0.1) is 11.3 Å². The molecule has 0 radical (unpaired) electrons. The van der Waals surface area contributed by atoms with Crippen molar-refractivity contribution in [3.8, 4) is 0 Å². The third-order valence-corrected chi connectivity index (χ3v) is 5.39. The lowest BCUT2D eigenvalue weighted by Crippen LogP contribution is -2.48. The van der Waals surface area contributed by atoms with Gasteiger partial charge in [-0.05, 0) is 43.6 Å².